The molecule has 0 aromatic heterocycles. The molecule has 0 unspecified atom stereocenters. The fraction of sp³-hybridized carbons (Fsp3) is 0.935. The fourth-order valence-corrected chi connectivity index (χ4v) is 4.47. The van der Waals surface area contributed by atoms with Gasteiger partial charge in [0.1, 0.15) is 6.61 Å². The lowest BCUT2D eigenvalue weighted by Gasteiger charge is -2.06. The average molecular weight is 513 g/mol. The van der Waals surface area contributed by atoms with E-state index in [1.807, 2.05) is 0 Å². The van der Waals surface area contributed by atoms with Crippen LogP contribution in [0.3, 0.4) is 0 Å². The monoisotopic (exact) mass is 512 g/mol. The summed E-state index contributed by atoms with van der Waals surface area (Å²) in [5.74, 6) is -0.186. The van der Waals surface area contributed by atoms with E-state index in [0.717, 1.165) is 44.9 Å². The molecule has 0 aliphatic heterocycles. The lowest BCUT2D eigenvalue weighted by molar-refractivity contribution is -0.145. The maximum Gasteiger partial charge on any atom is 0.305 e. The zero-order valence-electron chi connectivity index (χ0n) is 24.1. The number of ether oxygens (including phenoxy) is 3. The molecule has 36 heavy (non-hydrogen) atoms. The third-order valence-corrected chi connectivity index (χ3v) is 6.82. The summed E-state index contributed by atoms with van der Waals surface area (Å²) < 4.78 is 15.3. The van der Waals surface area contributed by atoms with Crippen LogP contribution < -0.4 is 0 Å². The van der Waals surface area contributed by atoms with Gasteiger partial charge in [0.05, 0.1) is 13.2 Å². The second-order valence-corrected chi connectivity index (χ2v) is 10.4. The van der Waals surface area contributed by atoms with Gasteiger partial charge in [0.25, 0.3) is 0 Å². The van der Waals surface area contributed by atoms with Crippen LogP contribution in [0.2, 0.25) is 0 Å². The summed E-state index contributed by atoms with van der Waals surface area (Å²) in [6.45, 7) is 3.65. The van der Waals surface area contributed by atoms with Crippen LogP contribution in [-0.4, -0.2) is 38.9 Å². The summed E-state index contributed by atoms with van der Waals surface area (Å²) in [5.41, 5.74) is 0. The Morgan fingerprint density at radius 1 is 0.417 bits per heavy atom. The molecule has 5 nitrogen and oxygen atoms in total. The molecular weight excluding hydrogens is 452 g/mol. The minimum atomic E-state index is -0.140. The molecule has 0 saturated heterocycles. The van der Waals surface area contributed by atoms with E-state index in [0.29, 0.717) is 32.7 Å². The molecule has 0 heterocycles. The lowest BCUT2D eigenvalue weighted by atomic mass is 10.0. The van der Waals surface area contributed by atoms with Gasteiger partial charge in [0, 0.05) is 20.0 Å². The standard InChI is InChI=1S/C31H60O5/c1-3-4-5-6-7-8-9-10-11-12-13-14-15-18-21-24-27-35-30(32)25-22-19-16-17-20-23-26-31(33)36-29-28-34-2/h3-29H2,1-2H3. The van der Waals surface area contributed by atoms with Gasteiger partial charge in [0.2, 0.25) is 0 Å². The van der Waals surface area contributed by atoms with Crippen molar-refractivity contribution in [1.29, 1.82) is 0 Å². The first-order chi connectivity index (χ1) is 17.7. The normalized spacial score (nSPS) is 11.1. The molecule has 0 spiro atoms. The van der Waals surface area contributed by atoms with Gasteiger partial charge in [-0.15, -0.1) is 0 Å². The van der Waals surface area contributed by atoms with Crippen LogP contribution in [0.1, 0.15) is 161 Å². The number of rotatable bonds is 29. The number of hydrogen-bond donors (Lipinski definition) is 0. The highest BCUT2D eigenvalue weighted by molar-refractivity contribution is 5.69. The van der Waals surface area contributed by atoms with Crippen LogP contribution in [0.15, 0.2) is 0 Å². The quantitative estimate of drug-likeness (QED) is 0.0738. The molecule has 0 atom stereocenters. The highest BCUT2D eigenvalue weighted by atomic mass is 16.6. The average Bonchev–Trinajstić information content (AvgIpc) is 2.87. The summed E-state index contributed by atoms with van der Waals surface area (Å²) in [5, 5.41) is 0. The number of unbranched alkanes of at least 4 members (excludes halogenated alkanes) is 20. The smallest absolute Gasteiger partial charge is 0.305 e. The van der Waals surface area contributed by atoms with Gasteiger partial charge >= 0.3 is 11.9 Å². The Bertz CT molecular complexity index is 466. The van der Waals surface area contributed by atoms with Crippen LogP contribution in [-0.2, 0) is 23.8 Å². The predicted octanol–water partition coefficient (Wildman–Crippen LogP) is 9.10. The molecule has 0 saturated carbocycles. The summed E-state index contributed by atoms with van der Waals surface area (Å²) in [6, 6.07) is 0. The van der Waals surface area contributed by atoms with Crippen LogP contribution in [0.25, 0.3) is 0 Å². The number of methoxy groups -OCH3 is 1. The molecule has 0 fully saturated rings. The molecule has 0 bridgehead atoms. The highest BCUT2D eigenvalue weighted by Gasteiger charge is 2.04. The summed E-state index contributed by atoms with van der Waals surface area (Å²) in [4.78, 5) is 23.3. The molecule has 0 radical (unpaired) electrons. The minimum absolute atomic E-state index is 0.0465. The van der Waals surface area contributed by atoms with E-state index < -0.39 is 0 Å². The number of carbonyl (C=O) groups excluding carboxylic acids is 2. The van der Waals surface area contributed by atoms with Crippen molar-refractivity contribution >= 4 is 11.9 Å². The summed E-state index contributed by atoms with van der Waals surface area (Å²) in [7, 11) is 1.59. The molecule has 5 heteroatoms. The molecule has 0 aromatic carbocycles. The first-order valence-corrected chi connectivity index (χ1v) is 15.5. The Morgan fingerprint density at radius 2 is 0.750 bits per heavy atom. The van der Waals surface area contributed by atoms with Gasteiger partial charge in [-0.25, -0.2) is 0 Å². The Morgan fingerprint density at radius 3 is 1.14 bits per heavy atom. The Labute approximate surface area is 223 Å². The van der Waals surface area contributed by atoms with Crippen molar-refractivity contribution in [3.8, 4) is 0 Å². The van der Waals surface area contributed by atoms with Crippen molar-refractivity contribution in [1.82, 2.24) is 0 Å². The van der Waals surface area contributed by atoms with Crippen LogP contribution in [0.4, 0.5) is 0 Å². The van der Waals surface area contributed by atoms with Crippen molar-refractivity contribution in [2.24, 2.45) is 0 Å². The second kappa shape index (κ2) is 30.1. The highest BCUT2D eigenvalue weighted by Crippen LogP contribution is 2.14. The Kier molecular flexibility index (Phi) is 29.2. The molecule has 0 amide bonds. The van der Waals surface area contributed by atoms with Crippen molar-refractivity contribution in [3.05, 3.63) is 0 Å². The minimum Gasteiger partial charge on any atom is -0.466 e. The van der Waals surface area contributed by atoms with E-state index in [2.05, 4.69) is 6.92 Å². The van der Waals surface area contributed by atoms with E-state index in [1.54, 1.807) is 7.11 Å². The number of hydrogen-bond acceptors (Lipinski definition) is 5. The van der Waals surface area contributed by atoms with Gasteiger partial charge < -0.3 is 14.2 Å². The molecule has 0 aromatic rings. The van der Waals surface area contributed by atoms with E-state index >= 15 is 0 Å². The maximum absolute atomic E-state index is 11.8. The summed E-state index contributed by atoms with van der Waals surface area (Å²) in [6.07, 6.45) is 28.7. The topological polar surface area (TPSA) is 61.8 Å². The lowest BCUT2D eigenvalue weighted by Crippen LogP contribution is -2.09. The molecule has 0 N–H and O–H groups in total. The van der Waals surface area contributed by atoms with E-state index in [4.69, 9.17) is 14.2 Å². The largest absolute Gasteiger partial charge is 0.466 e. The molecule has 0 aliphatic rings. The van der Waals surface area contributed by atoms with Gasteiger partial charge in [0.15, 0.2) is 0 Å². The van der Waals surface area contributed by atoms with Gasteiger partial charge in [-0.05, 0) is 19.3 Å². The molecule has 0 aliphatic carbocycles. The summed E-state index contributed by atoms with van der Waals surface area (Å²) >= 11 is 0. The number of carbonyl (C=O) groups is 2. The van der Waals surface area contributed by atoms with Crippen LogP contribution >= 0.6 is 0 Å². The first kappa shape index (κ1) is 34.9. The SMILES string of the molecule is CCCCCCCCCCCCCCCCCCOC(=O)CCCCCCCCC(=O)OCCOC. The molecule has 0 rings (SSSR count). The zero-order chi connectivity index (χ0) is 26.4. The van der Waals surface area contributed by atoms with Crippen molar-refractivity contribution < 1.29 is 23.8 Å². The van der Waals surface area contributed by atoms with E-state index in [9.17, 15) is 9.59 Å². The molecule has 214 valence electrons. The predicted molar refractivity (Wildman–Crippen MR) is 150 cm³/mol. The first-order valence-electron chi connectivity index (χ1n) is 15.5. The van der Waals surface area contributed by atoms with Crippen LogP contribution in [0, 0.1) is 0 Å². The Hall–Kier alpha value is -1.10. The third-order valence-electron chi connectivity index (χ3n) is 6.82. The molecular formula is C31H60O5. The number of esters is 2. The second-order valence-electron chi connectivity index (χ2n) is 10.4. The Balaban J connectivity index is 3.20. The van der Waals surface area contributed by atoms with Crippen molar-refractivity contribution in [2.45, 2.75) is 161 Å². The zero-order valence-corrected chi connectivity index (χ0v) is 24.1. The fourth-order valence-electron chi connectivity index (χ4n) is 4.47. The van der Waals surface area contributed by atoms with E-state index in [-0.39, 0.29) is 11.9 Å². The van der Waals surface area contributed by atoms with Crippen LogP contribution in [0.5, 0.6) is 0 Å². The maximum atomic E-state index is 11.8. The van der Waals surface area contributed by atoms with Crippen molar-refractivity contribution in [2.75, 3.05) is 26.9 Å². The van der Waals surface area contributed by atoms with Gasteiger partial charge in [-0.3, -0.25) is 9.59 Å². The van der Waals surface area contributed by atoms with E-state index in [1.165, 1.54) is 96.3 Å². The third kappa shape index (κ3) is 29.1. The van der Waals surface area contributed by atoms with Gasteiger partial charge in [-0.2, -0.15) is 0 Å². The van der Waals surface area contributed by atoms with Crippen molar-refractivity contribution in [3.63, 3.8) is 0 Å². The van der Waals surface area contributed by atoms with Gasteiger partial charge in [-0.1, -0.05) is 129 Å².